The highest BCUT2D eigenvalue weighted by Gasteiger charge is 2.04. The first-order valence-corrected chi connectivity index (χ1v) is 7.08. The van der Waals surface area contributed by atoms with Crippen molar-refractivity contribution in [1.82, 2.24) is 0 Å². The van der Waals surface area contributed by atoms with Crippen molar-refractivity contribution in [3.05, 3.63) is 59.2 Å². The van der Waals surface area contributed by atoms with Gasteiger partial charge in [-0.15, -0.1) is 0 Å². The SMILES string of the molecule is Cc1ccc(OC(C)CNc2cc(C)cc(C)c2)cc1. The van der Waals surface area contributed by atoms with Crippen LogP contribution in [0.3, 0.4) is 0 Å². The summed E-state index contributed by atoms with van der Waals surface area (Å²) in [5.74, 6) is 0.922. The molecule has 1 N–H and O–H groups in total. The van der Waals surface area contributed by atoms with E-state index in [0.29, 0.717) is 0 Å². The Labute approximate surface area is 121 Å². The molecule has 0 aliphatic rings. The van der Waals surface area contributed by atoms with Gasteiger partial charge < -0.3 is 10.1 Å². The van der Waals surface area contributed by atoms with Crippen LogP contribution in [0.25, 0.3) is 0 Å². The fourth-order valence-electron chi connectivity index (χ4n) is 2.23. The number of ether oxygens (including phenoxy) is 1. The minimum Gasteiger partial charge on any atom is -0.489 e. The summed E-state index contributed by atoms with van der Waals surface area (Å²) in [5.41, 5.74) is 4.96. The van der Waals surface area contributed by atoms with E-state index in [4.69, 9.17) is 4.74 Å². The van der Waals surface area contributed by atoms with Crippen molar-refractivity contribution in [3.63, 3.8) is 0 Å². The predicted octanol–water partition coefficient (Wildman–Crippen LogP) is 4.49. The summed E-state index contributed by atoms with van der Waals surface area (Å²) in [7, 11) is 0. The highest BCUT2D eigenvalue weighted by molar-refractivity contribution is 5.48. The summed E-state index contributed by atoms with van der Waals surface area (Å²) < 4.78 is 5.89. The van der Waals surface area contributed by atoms with Crippen molar-refractivity contribution in [3.8, 4) is 5.75 Å². The quantitative estimate of drug-likeness (QED) is 0.863. The zero-order valence-corrected chi connectivity index (χ0v) is 12.7. The monoisotopic (exact) mass is 269 g/mol. The van der Waals surface area contributed by atoms with Crippen LogP contribution in [0.1, 0.15) is 23.6 Å². The van der Waals surface area contributed by atoms with Crippen molar-refractivity contribution in [1.29, 1.82) is 0 Å². The lowest BCUT2D eigenvalue weighted by Crippen LogP contribution is -2.22. The maximum absolute atomic E-state index is 5.89. The zero-order chi connectivity index (χ0) is 14.5. The second-order valence-corrected chi connectivity index (χ2v) is 5.50. The van der Waals surface area contributed by atoms with Crippen LogP contribution in [0, 0.1) is 20.8 Å². The van der Waals surface area contributed by atoms with Gasteiger partial charge in [-0.05, 0) is 63.1 Å². The summed E-state index contributed by atoms with van der Waals surface area (Å²) in [4.78, 5) is 0. The van der Waals surface area contributed by atoms with Gasteiger partial charge in [0.1, 0.15) is 11.9 Å². The molecular formula is C18H23NO. The van der Waals surface area contributed by atoms with E-state index in [2.05, 4.69) is 63.3 Å². The molecule has 2 heteroatoms. The summed E-state index contributed by atoms with van der Waals surface area (Å²) in [5, 5.41) is 3.43. The molecule has 0 amide bonds. The van der Waals surface area contributed by atoms with Crippen LogP contribution in [0.5, 0.6) is 5.75 Å². The Balaban J connectivity index is 1.88. The summed E-state index contributed by atoms with van der Waals surface area (Å²) in [6, 6.07) is 14.7. The molecule has 0 radical (unpaired) electrons. The van der Waals surface area contributed by atoms with Crippen molar-refractivity contribution in [2.75, 3.05) is 11.9 Å². The average Bonchev–Trinajstić information content (AvgIpc) is 2.38. The van der Waals surface area contributed by atoms with E-state index in [1.54, 1.807) is 0 Å². The topological polar surface area (TPSA) is 21.3 Å². The number of hydrogen-bond donors (Lipinski definition) is 1. The Morgan fingerprint density at radius 1 is 0.900 bits per heavy atom. The van der Waals surface area contributed by atoms with Gasteiger partial charge in [-0.1, -0.05) is 23.8 Å². The van der Waals surface area contributed by atoms with Gasteiger partial charge in [0.25, 0.3) is 0 Å². The van der Waals surface area contributed by atoms with Crippen LogP contribution in [-0.2, 0) is 0 Å². The van der Waals surface area contributed by atoms with Crippen molar-refractivity contribution in [2.24, 2.45) is 0 Å². The number of hydrogen-bond acceptors (Lipinski definition) is 2. The van der Waals surface area contributed by atoms with Gasteiger partial charge in [-0.25, -0.2) is 0 Å². The fraction of sp³-hybridized carbons (Fsp3) is 0.333. The first kappa shape index (κ1) is 14.4. The molecule has 0 saturated carbocycles. The Morgan fingerprint density at radius 2 is 1.50 bits per heavy atom. The van der Waals surface area contributed by atoms with Crippen LogP contribution < -0.4 is 10.1 Å². The maximum Gasteiger partial charge on any atom is 0.119 e. The fourth-order valence-corrected chi connectivity index (χ4v) is 2.23. The Morgan fingerprint density at radius 3 is 2.10 bits per heavy atom. The van der Waals surface area contributed by atoms with Gasteiger partial charge >= 0.3 is 0 Å². The third-order valence-corrected chi connectivity index (χ3v) is 3.17. The molecule has 1 unspecified atom stereocenters. The molecule has 2 rings (SSSR count). The van der Waals surface area contributed by atoms with Crippen LogP contribution in [0.15, 0.2) is 42.5 Å². The zero-order valence-electron chi connectivity index (χ0n) is 12.7. The molecule has 0 aliphatic carbocycles. The number of anilines is 1. The minimum absolute atomic E-state index is 0.124. The van der Waals surface area contributed by atoms with Crippen LogP contribution in [0.2, 0.25) is 0 Å². The lowest BCUT2D eigenvalue weighted by Gasteiger charge is -2.17. The van der Waals surface area contributed by atoms with Crippen LogP contribution in [-0.4, -0.2) is 12.6 Å². The minimum atomic E-state index is 0.124. The molecule has 2 aromatic carbocycles. The smallest absolute Gasteiger partial charge is 0.119 e. The predicted molar refractivity (Wildman–Crippen MR) is 85.7 cm³/mol. The van der Waals surface area contributed by atoms with Crippen molar-refractivity contribution >= 4 is 5.69 Å². The van der Waals surface area contributed by atoms with E-state index in [1.165, 1.54) is 16.7 Å². The van der Waals surface area contributed by atoms with Crippen molar-refractivity contribution < 1.29 is 4.74 Å². The molecule has 20 heavy (non-hydrogen) atoms. The first-order chi connectivity index (χ1) is 9.52. The number of rotatable bonds is 5. The Bertz CT molecular complexity index is 540. The molecule has 0 aromatic heterocycles. The van der Waals surface area contributed by atoms with Crippen LogP contribution in [0.4, 0.5) is 5.69 Å². The summed E-state index contributed by atoms with van der Waals surface area (Å²) in [6.45, 7) is 9.18. The van der Waals surface area contributed by atoms with E-state index in [0.717, 1.165) is 18.0 Å². The van der Waals surface area contributed by atoms with E-state index >= 15 is 0 Å². The molecule has 0 saturated heterocycles. The average molecular weight is 269 g/mol. The standard InChI is InChI=1S/C18H23NO/c1-13-5-7-18(8-6-13)20-16(4)12-19-17-10-14(2)9-15(3)11-17/h5-11,16,19H,12H2,1-4H3. The second kappa shape index (κ2) is 6.47. The summed E-state index contributed by atoms with van der Waals surface area (Å²) >= 11 is 0. The molecule has 0 heterocycles. The first-order valence-electron chi connectivity index (χ1n) is 7.08. The molecular weight excluding hydrogens is 246 g/mol. The van der Waals surface area contributed by atoms with E-state index in [-0.39, 0.29) is 6.10 Å². The molecule has 0 fully saturated rings. The van der Waals surface area contributed by atoms with Gasteiger partial charge in [-0.3, -0.25) is 0 Å². The molecule has 0 spiro atoms. The normalized spacial score (nSPS) is 12.0. The van der Waals surface area contributed by atoms with E-state index in [9.17, 15) is 0 Å². The molecule has 106 valence electrons. The van der Waals surface area contributed by atoms with Crippen LogP contribution >= 0.6 is 0 Å². The third-order valence-electron chi connectivity index (χ3n) is 3.17. The highest BCUT2D eigenvalue weighted by Crippen LogP contribution is 2.16. The van der Waals surface area contributed by atoms with Gasteiger partial charge in [0.15, 0.2) is 0 Å². The van der Waals surface area contributed by atoms with E-state index in [1.807, 2.05) is 12.1 Å². The lowest BCUT2D eigenvalue weighted by molar-refractivity contribution is 0.234. The lowest BCUT2D eigenvalue weighted by atomic mass is 10.1. The van der Waals surface area contributed by atoms with Gasteiger partial charge in [0, 0.05) is 5.69 Å². The van der Waals surface area contributed by atoms with Gasteiger partial charge in [0.05, 0.1) is 6.54 Å². The van der Waals surface area contributed by atoms with Gasteiger partial charge in [0.2, 0.25) is 0 Å². The molecule has 2 aromatic rings. The van der Waals surface area contributed by atoms with E-state index < -0.39 is 0 Å². The maximum atomic E-state index is 5.89. The molecule has 2 nitrogen and oxygen atoms in total. The summed E-state index contributed by atoms with van der Waals surface area (Å²) in [6.07, 6.45) is 0.124. The largest absolute Gasteiger partial charge is 0.489 e. The third kappa shape index (κ3) is 4.30. The molecule has 1 atom stereocenters. The highest BCUT2D eigenvalue weighted by atomic mass is 16.5. The number of nitrogens with one attached hydrogen (secondary N) is 1. The Kier molecular flexibility index (Phi) is 4.67. The molecule has 0 bridgehead atoms. The number of aryl methyl sites for hydroxylation is 3. The Hall–Kier alpha value is -1.96. The second-order valence-electron chi connectivity index (χ2n) is 5.50. The molecule has 0 aliphatic heterocycles. The van der Waals surface area contributed by atoms with Crippen molar-refractivity contribution in [2.45, 2.75) is 33.8 Å². The van der Waals surface area contributed by atoms with Gasteiger partial charge in [-0.2, -0.15) is 0 Å². The number of benzene rings is 2.